The van der Waals surface area contributed by atoms with Crippen LogP contribution in [0.25, 0.3) is 10.1 Å². The number of benzene rings is 2. The number of hydrogen-bond donors (Lipinski definition) is 3. The number of hydrazone groups is 1. The number of rotatable bonds is 5. The van der Waals surface area contributed by atoms with Crippen molar-refractivity contribution in [2.45, 2.75) is 0 Å². The average Bonchev–Trinajstić information content (AvgIpc) is 3.00. The van der Waals surface area contributed by atoms with E-state index in [1.165, 1.54) is 13.2 Å². The summed E-state index contributed by atoms with van der Waals surface area (Å²) in [6.45, 7) is 0. The van der Waals surface area contributed by atoms with Crippen LogP contribution in [0.2, 0.25) is 0 Å². The maximum absolute atomic E-state index is 12.2. The van der Waals surface area contributed by atoms with Gasteiger partial charge in [0.2, 0.25) is 5.75 Å². The fourth-order valence-electron chi connectivity index (χ4n) is 2.37. The molecule has 138 valence electrons. The third-order valence-electron chi connectivity index (χ3n) is 3.67. The number of nitrogens with one attached hydrogen (secondary N) is 1. The summed E-state index contributed by atoms with van der Waals surface area (Å²) in [4.78, 5) is 22.5. The number of nitrogens with zero attached hydrogens (tertiary/aromatic N) is 2. The molecule has 0 fully saturated rings. The van der Waals surface area contributed by atoms with Gasteiger partial charge in [-0.3, -0.25) is 14.9 Å². The molecule has 3 aromatic rings. The van der Waals surface area contributed by atoms with Crippen molar-refractivity contribution in [3.8, 4) is 17.2 Å². The summed E-state index contributed by atoms with van der Waals surface area (Å²) in [5.74, 6) is -1.26. The van der Waals surface area contributed by atoms with Crippen molar-refractivity contribution >= 4 is 39.2 Å². The highest BCUT2D eigenvalue weighted by molar-refractivity contribution is 7.21. The molecule has 0 radical (unpaired) electrons. The summed E-state index contributed by atoms with van der Waals surface area (Å²) in [5.41, 5.74) is 1.66. The van der Waals surface area contributed by atoms with E-state index in [0.29, 0.717) is 5.39 Å². The van der Waals surface area contributed by atoms with Crippen molar-refractivity contribution in [3.63, 3.8) is 0 Å². The van der Waals surface area contributed by atoms with Gasteiger partial charge in [0.15, 0.2) is 0 Å². The molecule has 0 saturated heterocycles. The molecule has 2 aromatic carbocycles. The van der Waals surface area contributed by atoms with E-state index >= 15 is 0 Å². The second-order valence-corrected chi connectivity index (χ2v) is 6.37. The number of nitro benzene ring substituents is 1. The minimum Gasteiger partial charge on any atom is -0.506 e. The molecule has 1 heterocycles. The van der Waals surface area contributed by atoms with Crippen molar-refractivity contribution in [1.82, 2.24) is 5.43 Å². The van der Waals surface area contributed by atoms with Gasteiger partial charge in [0.1, 0.15) is 16.4 Å². The highest BCUT2D eigenvalue weighted by Gasteiger charge is 2.20. The molecule has 0 unspecified atom stereocenters. The zero-order valence-corrected chi connectivity index (χ0v) is 14.7. The first-order chi connectivity index (χ1) is 12.9. The SMILES string of the molecule is COc1cc(/C=N\NC(=O)c2sc3ccccc3c2O)c(O)c([N+](=O)[O-])c1. The molecular weight excluding hydrogens is 374 g/mol. The van der Waals surface area contributed by atoms with Crippen molar-refractivity contribution in [3.05, 3.63) is 57.0 Å². The molecule has 0 atom stereocenters. The number of hydrogen-bond acceptors (Lipinski definition) is 8. The number of aromatic hydroxyl groups is 2. The number of phenolic OH excluding ortho intramolecular Hbond substituents is 1. The van der Waals surface area contributed by atoms with Crippen LogP contribution in [0.3, 0.4) is 0 Å². The highest BCUT2D eigenvalue weighted by atomic mass is 32.1. The topological polar surface area (TPSA) is 134 Å². The van der Waals surface area contributed by atoms with Gasteiger partial charge in [0.05, 0.1) is 24.3 Å². The number of thiophene rings is 1. The number of amides is 1. The Morgan fingerprint density at radius 2 is 2.04 bits per heavy atom. The first kappa shape index (κ1) is 18.1. The molecule has 3 N–H and O–H groups in total. The Morgan fingerprint density at radius 1 is 1.30 bits per heavy atom. The lowest BCUT2D eigenvalue weighted by Gasteiger charge is -2.04. The fourth-order valence-corrected chi connectivity index (χ4v) is 3.35. The van der Waals surface area contributed by atoms with Gasteiger partial charge in [-0.15, -0.1) is 11.3 Å². The number of fused-ring (bicyclic) bond motifs is 1. The lowest BCUT2D eigenvalue weighted by Crippen LogP contribution is -2.16. The monoisotopic (exact) mass is 387 g/mol. The zero-order chi connectivity index (χ0) is 19.6. The maximum Gasteiger partial charge on any atom is 0.315 e. The van der Waals surface area contributed by atoms with Gasteiger partial charge in [-0.05, 0) is 18.2 Å². The van der Waals surface area contributed by atoms with Gasteiger partial charge >= 0.3 is 5.69 Å². The Balaban J connectivity index is 1.84. The van der Waals surface area contributed by atoms with E-state index in [1.807, 2.05) is 0 Å². The fraction of sp³-hybridized carbons (Fsp3) is 0.0588. The third kappa shape index (κ3) is 3.51. The first-order valence-corrected chi connectivity index (χ1v) is 8.33. The molecule has 1 aromatic heterocycles. The van der Waals surface area contributed by atoms with E-state index in [2.05, 4.69) is 10.5 Å². The van der Waals surface area contributed by atoms with Crippen LogP contribution in [0.1, 0.15) is 15.2 Å². The molecule has 27 heavy (non-hydrogen) atoms. The van der Waals surface area contributed by atoms with E-state index in [4.69, 9.17) is 4.74 Å². The van der Waals surface area contributed by atoms with E-state index in [9.17, 15) is 25.1 Å². The molecule has 3 rings (SSSR count). The van der Waals surface area contributed by atoms with Gasteiger partial charge in [0.25, 0.3) is 5.91 Å². The second-order valence-electron chi connectivity index (χ2n) is 5.32. The lowest BCUT2D eigenvalue weighted by molar-refractivity contribution is -0.385. The van der Waals surface area contributed by atoms with Crippen LogP contribution >= 0.6 is 11.3 Å². The molecule has 0 aliphatic rings. The summed E-state index contributed by atoms with van der Waals surface area (Å²) in [6.07, 6.45) is 1.05. The number of ether oxygens (including phenoxy) is 1. The average molecular weight is 387 g/mol. The van der Waals surface area contributed by atoms with Crippen molar-refractivity contribution in [1.29, 1.82) is 0 Å². The van der Waals surface area contributed by atoms with Crippen LogP contribution in [0, 0.1) is 10.1 Å². The molecule has 9 nitrogen and oxygen atoms in total. The Morgan fingerprint density at radius 3 is 2.70 bits per heavy atom. The maximum atomic E-state index is 12.2. The molecule has 0 spiro atoms. The molecule has 0 saturated carbocycles. The summed E-state index contributed by atoms with van der Waals surface area (Å²) < 4.78 is 5.69. The van der Waals surface area contributed by atoms with Gasteiger partial charge in [-0.25, -0.2) is 5.43 Å². The highest BCUT2D eigenvalue weighted by Crippen LogP contribution is 2.36. The Bertz CT molecular complexity index is 1080. The van der Waals surface area contributed by atoms with E-state index in [0.717, 1.165) is 28.3 Å². The molecule has 10 heteroatoms. The summed E-state index contributed by atoms with van der Waals surface area (Å²) in [6, 6.07) is 9.39. The number of carbonyl (C=O) groups excluding carboxylic acids is 1. The van der Waals surface area contributed by atoms with Crippen LogP contribution < -0.4 is 10.2 Å². The molecule has 0 bridgehead atoms. The zero-order valence-electron chi connectivity index (χ0n) is 13.9. The molecular formula is C17H13N3O6S. The quantitative estimate of drug-likeness (QED) is 0.350. The van der Waals surface area contributed by atoms with E-state index < -0.39 is 22.3 Å². The standard InChI is InChI=1S/C17H13N3O6S/c1-26-10-6-9(14(21)12(7-10)20(24)25)8-18-19-17(23)16-15(22)11-4-2-3-5-13(11)27-16/h2-8,21-22H,1H3,(H,19,23)/b18-8-. The Labute approximate surface area is 156 Å². The van der Waals surface area contributed by atoms with Gasteiger partial charge in [-0.2, -0.15) is 5.10 Å². The predicted molar refractivity (Wildman–Crippen MR) is 99.9 cm³/mol. The Hall–Kier alpha value is -3.66. The van der Waals surface area contributed by atoms with Crippen LogP contribution in [0.4, 0.5) is 5.69 Å². The smallest absolute Gasteiger partial charge is 0.315 e. The van der Waals surface area contributed by atoms with Crippen LogP contribution in [-0.2, 0) is 0 Å². The number of methoxy groups -OCH3 is 1. The normalized spacial score (nSPS) is 11.0. The van der Waals surface area contributed by atoms with E-state index in [-0.39, 0.29) is 21.9 Å². The van der Waals surface area contributed by atoms with Crippen LogP contribution in [-0.4, -0.2) is 34.4 Å². The van der Waals surface area contributed by atoms with Crippen molar-refractivity contribution in [2.24, 2.45) is 5.10 Å². The van der Waals surface area contributed by atoms with Gasteiger partial charge < -0.3 is 14.9 Å². The first-order valence-electron chi connectivity index (χ1n) is 7.51. The number of phenols is 1. The van der Waals surface area contributed by atoms with Gasteiger partial charge in [-0.1, -0.05) is 12.1 Å². The predicted octanol–water partition coefficient (Wildman–Crippen LogP) is 2.99. The Kier molecular flexibility index (Phi) is 4.90. The molecule has 1 amide bonds. The van der Waals surface area contributed by atoms with Crippen molar-refractivity contribution in [2.75, 3.05) is 7.11 Å². The van der Waals surface area contributed by atoms with Crippen LogP contribution in [0.5, 0.6) is 17.2 Å². The van der Waals surface area contributed by atoms with Crippen molar-refractivity contribution < 1.29 is 24.7 Å². The largest absolute Gasteiger partial charge is 0.506 e. The lowest BCUT2D eigenvalue weighted by atomic mass is 10.1. The third-order valence-corrected chi connectivity index (χ3v) is 4.83. The van der Waals surface area contributed by atoms with Gasteiger partial charge in [0, 0.05) is 15.6 Å². The summed E-state index contributed by atoms with van der Waals surface area (Å²) in [7, 11) is 1.32. The number of nitro groups is 1. The summed E-state index contributed by atoms with van der Waals surface area (Å²) in [5, 5.41) is 35.3. The molecule has 0 aliphatic heterocycles. The minimum absolute atomic E-state index is 0.0121. The molecule has 0 aliphatic carbocycles. The second kappa shape index (κ2) is 7.30. The number of carbonyl (C=O) groups is 1. The minimum atomic E-state index is -0.761. The summed E-state index contributed by atoms with van der Waals surface area (Å²) >= 11 is 1.10. The van der Waals surface area contributed by atoms with E-state index in [1.54, 1.807) is 24.3 Å². The van der Waals surface area contributed by atoms with Crippen LogP contribution in [0.15, 0.2) is 41.5 Å².